The van der Waals surface area contributed by atoms with Gasteiger partial charge in [0.25, 0.3) is 0 Å². The summed E-state index contributed by atoms with van der Waals surface area (Å²) in [5.41, 5.74) is 5.53. The molecule has 9 heteroatoms. The molecule has 1 amide bonds. The van der Waals surface area contributed by atoms with Crippen LogP contribution in [0.1, 0.15) is 47.1 Å². The van der Waals surface area contributed by atoms with Gasteiger partial charge in [-0.1, -0.05) is 12.1 Å². The van der Waals surface area contributed by atoms with Crippen molar-refractivity contribution in [1.29, 1.82) is 0 Å². The molecule has 0 aliphatic carbocycles. The van der Waals surface area contributed by atoms with Gasteiger partial charge in [0.2, 0.25) is 15.9 Å². The fourth-order valence-corrected chi connectivity index (χ4v) is 4.08. The Labute approximate surface area is 170 Å². The fourth-order valence-electron chi connectivity index (χ4n) is 2.47. The molecule has 0 aliphatic rings. The van der Waals surface area contributed by atoms with E-state index in [1.54, 1.807) is 32.9 Å². The molecule has 0 saturated heterocycles. The number of primary amides is 1. The Hall–Kier alpha value is -2.91. The van der Waals surface area contributed by atoms with Gasteiger partial charge in [0.05, 0.1) is 12.7 Å². The normalized spacial score (nSPS) is 11.7. The summed E-state index contributed by atoms with van der Waals surface area (Å²) in [7, 11) is -2.58. The molecule has 0 spiro atoms. The summed E-state index contributed by atoms with van der Waals surface area (Å²) in [6, 6.07) is 10.3. The Morgan fingerprint density at radius 3 is 2.14 bits per heavy atom. The molecule has 0 fully saturated rings. The second-order valence-electron chi connectivity index (χ2n) is 7.36. The Morgan fingerprint density at radius 1 is 1.03 bits per heavy atom. The van der Waals surface area contributed by atoms with E-state index in [1.165, 1.54) is 37.4 Å². The number of amides is 1. The number of carbonyl (C=O) groups is 2. The van der Waals surface area contributed by atoms with Crippen LogP contribution in [0.25, 0.3) is 0 Å². The quantitative estimate of drug-likeness (QED) is 0.662. The summed E-state index contributed by atoms with van der Waals surface area (Å²) in [4.78, 5) is 23.3. The van der Waals surface area contributed by atoms with E-state index < -0.39 is 27.4 Å². The molecule has 0 aliphatic heterocycles. The third kappa shape index (κ3) is 6.03. The first-order valence-electron chi connectivity index (χ1n) is 8.71. The van der Waals surface area contributed by atoms with Crippen molar-refractivity contribution in [2.24, 2.45) is 5.73 Å². The average Bonchev–Trinajstić information content (AvgIpc) is 2.64. The zero-order chi connectivity index (χ0) is 21.8. The number of nitrogens with one attached hydrogen (secondary N) is 1. The van der Waals surface area contributed by atoms with Crippen LogP contribution in [0.4, 0.5) is 0 Å². The second kappa shape index (κ2) is 8.62. The van der Waals surface area contributed by atoms with Gasteiger partial charge in [0.15, 0.2) is 0 Å². The summed E-state index contributed by atoms with van der Waals surface area (Å²) in [5.74, 6) is -1.14. The van der Waals surface area contributed by atoms with Crippen molar-refractivity contribution in [1.82, 2.24) is 4.72 Å². The lowest BCUT2D eigenvalue weighted by Gasteiger charge is -2.21. The van der Waals surface area contributed by atoms with Crippen molar-refractivity contribution in [2.45, 2.75) is 37.8 Å². The topological polar surface area (TPSA) is 125 Å². The molecular formula is C20H24N2O6S. The second-order valence-corrected chi connectivity index (χ2v) is 9.01. The van der Waals surface area contributed by atoms with Crippen molar-refractivity contribution in [2.75, 3.05) is 7.11 Å². The molecule has 0 bridgehead atoms. The van der Waals surface area contributed by atoms with Crippen LogP contribution < -0.4 is 15.2 Å². The number of methoxy groups -OCH3 is 1. The number of esters is 1. The van der Waals surface area contributed by atoms with Crippen LogP contribution in [-0.4, -0.2) is 32.9 Å². The molecule has 2 aromatic rings. The summed E-state index contributed by atoms with van der Waals surface area (Å²) in [6.45, 7) is 5.07. The van der Waals surface area contributed by atoms with Crippen molar-refractivity contribution in [3.05, 3.63) is 59.2 Å². The average molecular weight is 420 g/mol. The lowest BCUT2D eigenvalue weighted by Crippen LogP contribution is -2.40. The van der Waals surface area contributed by atoms with Gasteiger partial charge in [0, 0.05) is 11.1 Å². The molecule has 3 N–H and O–H groups in total. The number of ether oxygens (including phenoxy) is 2. The van der Waals surface area contributed by atoms with Crippen molar-refractivity contribution < 1.29 is 27.5 Å². The fraction of sp³-hybridized carbons (Fsp3) is 0.300. The molecule has 8 nitrogen and oxygen atoms in total. The highest BCUT2D eigenvalue weighted by molar-refractivity contribution is 7.89. The minimum atomic E-state index is -3.92. The zero-order valence-electron chi connectivity index (χ0n) is 16.7. The van der Waals surface area contributed by atoms with Crippen molar-refractivity contribution >= 4 is 21.9 Å². The van der Waals surface area contributed by atoms with Gasteiger partial charge in [-0.15, -0.1) is 0 Å². The van der Waals surface area contributed by atoms with Gasteiger partial charge < -0.3 is 15.2 Å². The number of hydrogen-bond donors (Lipinski definition) is 2. The minimum absolute atomic E-state index is 0.0494. The van der Waals surface area contributed by atoms with Crippen molar-refractivity contribution in [3.8, 4) is 5.75 Å². The largest absolute Gasteiger partial charge is 0.495 e. The van der Waals surface area contributed by atoms with Crippen LogP contribution in [0.3, 0.4) is 0 Å². The van der Waals surface area contributed by atoms with E-state index in [2.05, 4.69) is 4.72 Å². The zero-order valence-corrected chi connectivity index (χ0v) is 17.5. The van der Waals surface area contributed by atoms with Gasteiger partial charge >= 0.3 is 5.97 Å². The summed E-state index contributed by atoms with van der Waals surface area (Å²) < 4.78 is 38.3. The number of sulfonamides is 1. The molecule has 2 aromatic carbocycles. The number of hydrogen-bond acceptors (Lipinski definition) is 6. The van der Waals surface area contributed by atoms with Crippen molar-refractivity contribution in [3.63, 3.8) is 0 Å². The maximum absolute atomic E-state index is 12.7. The summed E-state index contributed by atoms with van der Waals surface area (Å²) in [6.07, 6.45) is 0. The Bertz CT molecular complexity index is 1010. The van der Waals surface area contributed by atoms with E-state index in [4.69, 9.17) is 15.2 Å². The maximum atomic E-state index is 12.7. The first-order valence-corrected chi connectivity index (χ1v) is 10.2. The van der Waals surface area contributed by atoms with Gasteiger partial charge in [-0.3, -0.25) is 4.79 Å². The first kappa shape index (κ1) is 22.4. The van der Waals surface area contributed by atoms with Gasteiger partial charge in [-0.05, 0) is 56.7 Å². The first-order chi connectivity index (χ1) is 13.4. The molecule has 2 rings (SSSR count). The van der Waals surface area contributed by atoms with Gasteiger partial charge in [-0.2, -0.15) is 0 Å². The smallest absolute Gasteiger partial charge is 0.338 e. The monoisotopic (exact) mass is 420 g/mol. The van der Waals surface area contributed by atoms with Crippen LogP contribution in [0.15, 0.2) is 47.4 Å². The van der Waals surface area contributed by atoms with E-state index in [-0.39, 0.29) is 22.8 Å². The molecule has 0 aromatic heterocycles. The Kier molecular flexibility index (Phi) is 6.66. The number of carbonyl (C=O) groups excluding carboxylic acids is 2. The van der Waals surface area contributed by atoms with E-state index in [1.807, 2.05) is 0 Å². The lowest BCUT2D eigenvalue weighted by atomic mass is 10.1. The molecule has 0 atom stereocenters. The number of rotatable bonds is 7. The lowest BCUT2D eigenvalue weighted by molar-refractivity contribution is 0.0472. The standard InChI is InChI=1S/C20H24N2O6S/c1-20(2,3)22-29(25,26)17-11-15(9-10-16(17)27-4)19(24)28-12-13-5-7-14(8-6-13)18(21)23/h5-11,22H,12H2,1-4H3,(H2,21,23). The van der Waals surface area contributed by atoms with Crippen LogP contribution in [-0.2, 0) is 21.4 Å². The molecule has 0 radical (unpaired) electrons. The highest BCUT2D eigenvalue weighted by Gasteiger charge is 2.26. The molecule has 156 valence electrons. The molecule has 0 unspecified atom stereocenters. The van der Waals surface area contributed by atoms with Crippen LogP contribution in [0.2, 0.25) is 0 Å². The van der Waals surface area contributed by atoms with Gasteiger partial charge in [-0.25, -0.2) is 17.9 Å². The highest BCUT2D eigenvalue weighted by Crippen LogP contribution is 2.26. The van der Waals surface area contributed by atoms with Crippen LogP contribution in [0, 0.1) is 0 Å². The Balaban J connectivity index is 2.21. The SMILES string of the molecule is COc1ccc(C(=O)OCc2ccc(C(N)=O)cc2)cc1S(=O)(=O)NC(C)(C)C. The molecule has 0 saturated carbocycles. The summed E-state index contributed by atoms with van der Waals surface area (Å²) >= 11 is 0. The predicted octanol–water partition coefficient (Wildman–Crippen LogP) is 2.23. The van der Waals surface area contributed by atoms with Crippen LogP contribution in [0.5, 0.6) is 5.75 Å². The van der Waals surface area contributed by atoms with E-state index in [9.17, 15) is 18.0 Å². The molecule has 0 heterocycles. The number of nitrogens with two attached hydrogens (primary N) is 1. The van der Waals surface area contributed by atoms with E-state index in [0.717, 1.165) is 0 Å². The Morgan fingerprint density at radius 2 is 1.62 bits per heavy atom. The molecular weight excluding hydrogens is 396 g/mol. The van der Waals surface area contributed by atoms with Gasteiger partial charge in [0.1, 0.15) is 17.3 Å². The minimum Gasteiger partial charge on any atom is -0.495 e. The summed E-state index contributed by atoms with van der Waals surface area (Å²) in [5, 5.41) is 0. The third-order valence-corrected chi connectivity index (χ3v) is 5.52. The van der Waals surface area contributed by atoms with E-state index in [0.29, 0.717) is 11.1 Å². The number of benzene rings is 2. The predicted molar refractivity (Wildman–Crippen MR) is 107 cm³/mol. The molecule has 29 heavy (non-hydrogen) atoms. The maximum Gasteiger partial charge on any atom is 0.338 e. The highest BCUT2D eigenvalue weighted by atomic mass is 32.2. The van der Waals surface area contributed by atoms with Crippen LogP contribution >= 0.6 is 0 Å². The van der Waals surface area contributed by atoms with E-state index >= 15 is 0 Å². The third-order valence-electron chi connectivity index (χ3n) is 3.74.